The van der Waals surface area contributed by atoms with E-state index in [1.807, 2.05) is 32.9 Å². The quantitative estimate of drug-likeness (QED) is 0.843. The van der Waals surface area contributed by atoms with Crippen molar-refractivity contribution in [2.45, 2.75) is 32.9 Å². The average Bonchev–Trinajstić information content (AvgIpc) is 2.51. The number of nitrogens with zero attached hydrogens (tertiary/aromatic N) is 1. The molecule has 0 radical (unpaired) electrons. The van der Waals surface area contributed by atoms with Crippen molar-refractivity contribution in [2.75, 3.05) is 0 Å². The first-order valence-electron chi connectivity index (χ1n) is 5.41. The van der Waals surface area contributed by atoms with Gasteiger partial charge in [0.1, 0.15) is 0 Å². The molecule has 0 saturated heterocycles. The maximum absolute atomic E-state index is 11.6. The Balaban J connectivity index is 2.75. The summed E-state index contributed by atoms with van der Waals surface area (Å²) in [7, 11) is 0. The minimum atomic E-state index is -0.313. The predicted octanol–water partition coefficient (Wildman–Crippen LogP) is 2.20. The first kappa shape index (κ1) is 11.0. The minimum absolute atomic E-state index is 0.0463. The Labute approximate surface area is 93.7 Å². The third kappa shape index (κ3) is 1.65. The molecule has 0 saturated carbocycles. The van der Waals surface area contributed by atoms with Gasteiger partial charge in [-0.25, -0.2) is 4.79 Å². The SMILES string of the molecule is CC(N)c1ccc2oc(=O)n(C(C)C)c2c1. The lowest BCUT2D eigenvalue weighted by atomic mass is 10.1. The van der Waals surface area contributed by atoms with Crippen LogP contribution in [0.4, 0.5) is 0 Å². The molecule has 2 N–H and O–H groups in total. The van der Waals surface area contributed by atoms with E-state index in [9.17, 15) is 4.79 Å². The fraction of sp³-hybridized carbons (Fsp3) is 0.417. The highest BCUT2D eigenvalue weighted by Crippen LogP contribution is 2.20. The van der Waals surface area contributed by atoms with Gasteiger partial charge >= 0.3 is 5.76 Å². The van der Waals surface area contributed by atoms with Crippen molar-refractivity contribution in [3.8, 4) is 0 Å². The van der Waals surface area contributed by atoms with E-state index in [0.717, 1.165) is 11.1 Å². The van der Waals surface area contributed by atoms with Gasteiger partial charge in [-0.15, -0.1) is 0 Å². The molecule has 0 spiro atoms. The van der Waals surface area contributed by atoms with Crippen LogP contribution in [0.1, 0.15) is 38.4 Å². The predicted molar refractivity (Wildman–Crippen MR) is 63.5 cm³/mol. The summed E-state index contributed by atoms with van der Waals surface area (Å²) in [5.74, 6) is -0.313. The van der Waals surface area contributed by atoms with E-state index in [2.05, 4.69) is 0 Å². The van der Waals surface area contributed by atoms with E-state index in [0.29, 0.717) is 5.58 Å². The van der Waals surface area contributed by atoms with Crippen LogP contribution in [-0.2, 0) is 0 Å². The topological polar surface area (TPSA) is 61.2 Å². The second kappa shape index (κ2) is 3.79. The maximum Gasteiger partial charge on any atom is 0.420 e. The fourth-order valence-electron chi connectivity index (χ4n) is 1.82. The highest BCUT2D eigenvalue weighted by molar-refractivity contribution is 5.74. The number of hydrogen-bond acceptors (Lipinski definition) is 3. The van der Waals surface area contributed by atoms with Gasteiger partial charge in [0.15, 0.2) is 5.58 Å². The fourth-order valence-corrected chi connectivity index (χ4v) is 1.82. The van der Waals surface area contributed by atoms with E-state index in [1.165, 1.54) is 0 Å². The van der Waals surface area contributed by atoms with Crippen molar-refractivity contribution in [2.24, 2.45) is 5.73 Å². The Morgan fingerprint density at radius 3 is 2.56 bits per heavy atom. The summed E-state index contributed by atoms with van der Waals surface area (Å²) in [4.78, 5) is 11.6. The number of oxazole rings is 1. The Hall–Kier alpha value is -1.55. The number of rotatable bonds is 2. The molecule has 0 fully saturated rings. The molecule has 0 amide bonds. The number of aromatic nitrogens is 1. The Kier molecular flexibility index (Phi) is 2.59. The lowest BCUT2D eigenvalue weighted by Crippen LogP contribution is -2.16. The minimum Gasteiger partial charge on any atom is -0.408 e. The Bertz CT molecular complexity index is 564. The first-order chi connectivity index (χ1) is 7.50. The summed E-state index contributed by atoms with van der Waals surface area (Å²) < 4.78 is 6.80. The van der Waals surface area contributed by atoms with Crippen LogP contribution in [0.15, 0.2) is 27.4 Å². The van der Waals surface area contributed by atoms with Crippen molar-refractivity contribution < 1.29 is 4.42 Å². The van der Waals surface area contributed by atoms with E-state index < -0.39 is 0 Å². The van der Waals surface area contributed by atoms with Crippen LogP contribution < -0.4 is 11.5 Å². The Morgan fingerprint density at radius 1 is 1.31 bits per heavy atom. The monoisotopic (exact) mass is 220 g/mol. The summed E-state index contributed by atoms with van der Waals surface area (Å²) in [6.07, 6.45) is 0. The second-order valence-electron chi connectivity index (χ2n) is 4.35. The number of benzene rings is 1. The molecule has 1 aromatic carbocycles. The molecule has 16 heavy (non-hydrogen) atoms. The van der Waals surface area contributed by atoms with Crippen LogP contribution in [-0.4, -0.2) is 4.57 Å². The molecule has 2 rings (SSSR count). The molecule has 1 unspecified atom stereocenters. The summed E-state index contributed by atoms with van der Waals surface area (Å²) in [5, 5.41) is 0. The van der Waals surface area contributed by atoms with Crippen molar-refractivity contribution >= 4 is 11.1 Å². The molecule has 2 aromatic rings. The van der Waals surface area contributed by atoms with Crippen LogP contribution in [0, 0.1) is 0 Å². The molecule has 0 aliphatic heterocycles. The van der Waals surface area contributed by atoms with Gasteiger partial charge in [0.05, 0.1) is 5.52 Å². The molecule has 1 aromatic heterocycles. The lowest BCUT2D eigenvalue weighted by Gasteiger charge is -2.08. The van der Waals surface area contributed by atoms with Gasteiger partial charge < -0.3 is 10.2 Å². The highest BCUT2D eigenvalue weighted by atomic mass is 16.4. The largest absolute Gasteiger partial charge is 0.420 e. The van der Waals surface area contributed by atoms with E-state index in [4.69, 9.17) is 10.2 Å². The van der Waals surface area contributed by atoms with Crippen molar-refractivity contribution in [3.63, 3.8) is 0 Å². The molecular formula is C12H16N2O2. The molecule has 1 atom stereocenters. The molecule has 86 valence electrons. The molecule has 0 bridgehead atoms. The van der Waals surface area contributed by atoms with Crippen LogP contribution in [0.2, 0.25) is 0 Å². The van der Waals surface area contributed by atoms with Gasteiger partial charge in [-0.3, -0.25) is 4.57 Å². The lowest BCUT2D eigenvalue weighted by molar-refractivity contribution is 0.478. The van der Waals surface area contributed by atoms with Crippen molar-refractivity contribution in [1.29, 1.82) is 0 Å². The van der Waals surface area contributed by atoms with Crippen LogP contribution in [0.5, 0.6) is 0 Å². The zero-order valence-electron chi connectivity index (χ0n) is 9.73. The van der Waals surface area contributed by atoms with Gasteiger partial charge in [-0.05, 0) is 38.5 Å². The molecular weight excluding hydrogens is 204 g/mol. The standard InChI is InChI=1S/C12H16N2O2/c1-7(2)14-10-6-9(8(3)13)4-5-11(10)16-12(14)15/h4-8H,13H2,1-3H3. The first-order valence-corrected chi connectivity index (χ1v) is 5.41. The second-order valence-corrected chi connectivity index (χ2v) is 4.35. The summed E-state index contributed by atoms with van der Waals surface area (Å²) in [5.41, 5.74) is 8.25. The average molecular weight is 220 g/mol. The molecule has 4 heteroatoms. The van der Waals surface area contributed by atoms with E-state index in [-0.39, 0.29) is 17.8 Å². The number of hydrogen-bond donors (Lipinski definition) is 1. The summed E-state index contributed by atoms with van der Waals surface area (Å²) >= 11 is 0. The molecule has 0 aliphatic rings. The zero-order valence-corrected chi connectivity index (χ0v) is 9.73. The zero-order chi connectivity index (χ0) is 11.9. The molecule has 1 heterocycles. The number of nitrogens with two attached hydrogens (primary N) is 1. The number of fused-ring (bicyclic) bond motifs is 1. The van der Waals surface area contributed by atoms with Crippen LogP contribution in [0.25, 0.3) is 11.1 Å². The van der Waals surface area contributed by atoms with Crippen molar-refractivity contribution in [3.05, 3.63) is 34.3 Å². The smallest absolute Gasteiger partial charge is 0.408 e. The Morgan fingerprint density at radius 2 is 2.00 bits per heavy atom. The third-order valence-electron chi connectivity index (χ3n) is 2.68. The summed E-state index contributed by atoms with van der Waals surface area (Å²) in [6, 6.07) is 5.65. The highest BCUT2D eigenvalue weighted by Gasteiger charge is 2.12. The molecule has 4 nitrogen and oxygen atoms in total. The van der Waals surface area contributed by atoms with Gasteiger partial charge in [0.2, 0.25) is 0 Å². The third-order valence-corrected chi connectivity index (χ3v) is 2.68. The van der Waals surface area contributed by atoms with Crippen molar-refractivity contribution in [1.82, 2.24) is 4.57 Å². The van der Waals surface area contributed by atoms with E-state index >= 15 is 0 Å². The van der Waals surface area contributed by atoms with Gasteiger partial charge in [0.25, 0.3) is 0 Å². The normalized spacial score (nSPS) is 13.6. The summed E-state index contributed by atoms with van der Waals surface area (Å²) in [6.45, 7) is 5.82. The van der Waals surface area contributed by atoms with Crippen LogP contribution in [0.3, 0.4) is 0 Å². The maximum atomic E-state index is 11.6. The van der Waals surface area contributed by atoms with E-state index in [1.54, 1.807) is 10.6 Å². The molecule has 0 aliphatic carbocycles. The van der Waals surface area contributed by atoms with Gasteiger partial charge in [-0.2, -0.15) is 0 Å². The van der Waals surface area contributed by atoms with Gasteiger partial charge in [0, 0.05) is 12.1 Å². The van der Waals surface area contributed by atoms with Crippen LogP contribution >= 0.6 is 0 Å². The van der Waals surface area contributed by atoms with Gasteiger partial charge in [-0.1, -0.05) is 6.07 Å².